The molecule has 1 saturated heterocycles. The molecule has 17 heavy (non-hydrogen) atoms. The largest absolute Gasteiger partial charge is 0.355 e. The molecule has 2 atom stereocenters. The summed E-state index contributed by atoms with van der Waals surface area (Å²) in [6.45, 7) is 10.1. The molecule has 2 rings (SSSR count). The minimum absolute atomic E-state index is 0.0103. The number of carbonyl (C=O) groups is 1. The van der Waals surface area contributed by atoms with E-state index in [2.05, 4.69) is 29.4 Å². The van der Waals surface area contributed by atoms with E-state index in [0.717, 1.165) is 26.2 Å². The van der Waals surface area contributed by atoms with Gasteiger partial charge < -0.3 is 10.6 Å². The van der Waals surface area contributed by atoms with E-state index in [4.69, 9.17) is 0 Å². The van der Waals surface area contributed by atoms with Crippen molar-refractivity contribution in [2.75, 3.05) is 26.2 Å². The monoisotopic (exact) mass is 239 g/mol. The Bertz CT molecular complexity index is 288. The van der Waals surface area contributed by atoms with Crippen LogP contribution < -0.4 is 10.6 Å². The van der Waals surface area contributed by atoms with Crippen LogP contribution >= 0.6 is 0 Å². The molecule has 0 aromatic rings. The highest BCUT2D eigenvalue weighted by Crippen LogP contribution is 2.50. The molecule has 98 valence electrons. The standard InChI is InChI=1S/C13H25N3O/c1-4-15-12(17)11-9-14-7-8-16(11)10(2)13(3)5-6-13/h10-11,14H,4-9H2,1-3H3,(H,15,17). The molecule has 2 unspecified atom stereocenters. The molecule has 4 nitrogen and oxygen atoms in total. The van der Waals surface area contributed by atoms with Crippen molar-refractivity contribution in [3.05, 3.63) is 0 Å². The zero-order valence-electron chi connectivity index (χ0n) is 11.3. The third-order valence-electron chi connectivity index (χ3n) is 4.48. The van der Waals surface area contributed by atoms with Crippen LogP contribution in [0.1, 0.15) is 33.6 Å². The fraction of sp³-hybridized carbons (Fsp3) is 0.923. The van der Waals surface area contributed by atoms with E-state index in [1.54, 1.807) is 0 Å². The molecule has 0 aromatic carbocycles. The Balaban J connectivity index is 2.03. The molecular weight excluding hydrogens is 214 g/mol. The van der Waals surface area contributed by atoms with Crippen molar-refractivity contribution in [1.29, 1.82) is 0 Å². The van der Waals surface area contributed by atoms with E-state index in [1.807, 2.05) is 6.92 Å². The first-order valence-corrected chi connectivity index (χ1v) is 6.82. The first kappa shape index (κ1) is 12.8. The van der Waals surface area contributed by atoms with Crippen molar-refractivity contribution in [3.63, 3.8) is 0 Å². The third-order valence-corrected chi connectivity index (χ3v) is 4.48. The molecule has 1 saturated carbocycles. The van der Waals surface area contributed by atoms with Crippen LogP contribution in [0.2, 0.25) is 0 Å². The Morgan fingerprint density at radius 1 is 1.59 bits per heavy atom. The summed E-state index contributed by atoms with van der Waals surface area (Å²) in [5, 5.41) is 6.28. The first-order valence-electron chi connectivity index (χ1n) is 6.82. The maximum Gasteiger partial charge on any atom is 0.238 e. The van der Waals surface area contributed by atoms with Gasteiger partial charge in [0.2, 0.25) is 5.91 Å². The van der Waals surface area contributed by atoms with Gasteiger partial charge in [0.1, 0.15) is 6.04 Å². The second-order valence-electron chi connectivity index (χ2n) is 5.68. The third kappa shape index (κ3) is 2.63. The van der Waals surface area contributed by atoms with Gasteiger partial charge in [0.15, 0.2) is 0 Å². The lowest BCUT2D eigenvalue weighted by molar-refractivity contribution is -0.128. The Kier molecular flexibility index (Phi) is 3.73. The Hall–Kier alpha value is -0.610. The van der Waals surface area contributed by atoms with Crippen LogP contribution in [-0.4, -0.2) is 49.1 Å². The summed E-state index contributed by atoms with van der Waals surface area (Å²) >= 11 is 0. The number of carbonyl (C=O) groups excluding carboxylic acids is 1. The van der Waals surface area contributed by atoms with Gasteiger partial charge in [-0.15, -0.1) is 0 Å². The summed E-state index contributed by atoms with van der Waals surface area (Å²) in [6, 6.07) is 0.522. The molecular formula is C13H25N3O. The zero-order valence-corrected chi connectivity index (χ0v) is 11.3. The first-order chi connectivity index (χ1) is 8.08. The van der Waals surface area contributed by atoms with Crippen LogP contribution in [0.25, 0.3) is 0 Å². The second kappa shape index (κ2) is 4.94. The van der Waals surface area contributed by atoms with Gasteiger partial charge in [-0.1, -0.05) is 6.92 Å². The van der Waals surface area contributed by atoms with Gasteiger partial charge in [-0.3, -0.25) is 9.69 Å². The minimum Gasteiger partial charge on any atom is -0.355 e. The van der Waals surface area contributed by atoms with Crippen molar-refractivity contribution in [2.45, 2.75) is 45.7 Å². The van der Waals surface area contributed by atoms with Crippen molar-refractivity contribution < 1.29 is 4.79 Å². The van der Waals surface area contributed by atoms with Gasteiger partial charge in [0, 0.05) is 32.2 Å². The molecule has 0 aromatic heterocycles. The average Bonchev–Trinajstić information content (AvgIpc) is 3.08. The number of hydrogen-bond donors (Lipinski definition) is 2. The normalized spacial score (nSPS) is 29.7. The Morgan fingerprint density at radius 2 is 2.29 bits per heavy atom. The molecule has 4 heteroatoms. The number of piperazine rings is 1. The molecule has 1 heterocycles. The van der Waals surface area contributed by atoms with Crippen molar-refractivity contribution in [2.24, 2.45) is 5.41 Å². The van der Waals surface area contributed by atoms with Gasteiger partial charge >= 0.3 is 0 Å². The number of likely N-dealkylation sites (N-methyl/N-ethyl adjacent to an activating group) is 1. The van der Waals surface area contributed by atoms with Crippen LogP contribution in [0.15, 0.2) is 0 Å². The van der Waals surface area contributed by atoms with Crippen molar-refractivity contribution >= 4 is 5.91 Å². The summed E-state index contributed by atoms with van der Waals surface area (Å²) < 4.78 is 0. The summed E-state index contributed by atoms with van der Waals surface area (Å²) in [7, 11) is 0. The van der Waals surface area contributed by atoms with E-state index in [0.29, 0.717) is 11.5 Å². The predicted molar refractivity (Wildman–Crippen MR) is 68.9 cm³/mol. The number of hydrogen-bond acceptors (Lipinski definition) is 3. The number of amides is 1. The quantitative estimate of drug-likeness (QED) is 0.754. The van der Waals surface area contributed by atoms with Gasteiger partial charge in [0.25, 0.3) is 0 Å². The average molecular weight is 239 g/mol. The van der Waals surface area contributed by atoms with Gasteiger partial charge in [0.05, 0.1) is 0 Å². The van der Waals surface area contributed by atoms with Crippen LogP contribution in [0, 0.1) is 5.41 Å². The maximum absolute atomic E-state index is 12.1. The van der Waals surface area contributed by atoms with Crippen LogP contribution in [-0.2, 0) is 4.79 Å². The van der Waals surface area contributed by atoms with Crippen molar-refractivity contribution in [3.8, 4) is 0 Å². The number of nitrogens with one attached hydrogen (secondary N) is 2. The van der Waals surface area contributed by atoms with E-state index in [-0.39, 0.29) is 11.9 Å². The summed E-state index contributed by atoms with van der Waals surface area (Å²) in [4.78, 5) is 14.5. The fourth-order valence-electron chi connectivity index (χ4n) is 2.73. The van der Waals surface area contributed by atoms with E-state index < -0.39 is 0 Å². The highest BCUT2D eigenvalue weighted by molar-refractivity contribution is 5.82. The highest BCUT2D eigenvalue weighted by Gasteiger charge is 2.47. The lowest BCUT2D eigenvalue weighted by Crippen LogP contribution is -2.61. The molecule has 1 amide bonds. The lowest BCUT2D eigenvalue weighted by Gasteiger charge is -2.41. The van der Waals surface area contributed by atoms with E-state index >= 15 is 0 Å². The highest BCUT2D eigenvalue weighted by atomic mass is 16.2. The molecule has 0 bridgehead atoms. The second-order valence-corrected chi connectivity index (χ2v) is 5.68. The molecule has 1 aliphatic heterocycles. The maximum atomic E-state index is 12.1. The molecule has 2 fully saturated rings. The summed E-state index contributed by atoms with van der Waals surface area (Å²) in [5.74, 6) is 0.177. The topological polar surface area (TPSA) is 44.4 Å². The van der Waals surface area contributed by atoms with E-state index in [9.17, 15) is 4.79 Å². The molecule has 2 aliphatic rings. The Morgan fingerprint density at radius 3 is 2.88 bits per heavy atom. The SMILES string of the molecule is CCNC(=O)C1CNCCN1C(C)C1(C)CC1. The summed E-state index contributed by atoms with van der Waals surface area (Å²) in [5.41, 5.74) is 0.447. The van der Waals surface area contributed by atoms with Crippen molar-refractivity contribution in [1.82, 2.24) is 15.5 Å². The molecule has 0 spiro atoms. The molecule has 0 radical (unpaired) electrons. The van der Waals surface area contributed by atoms with Gasteiger partial charge in [-0.2, -0.15) is 0 Å². The zero-order chi connectivity index (χ0) is 12.5. The smallest absolute Gasteiger partial charge is 0.238 e. The van der Waals surface area contributed by atoms with Gasteiger partial charge in [-0.05, 0) is 32.1 Å². The fourth-order valence-corrected chi connectivity index (χ4v) is 2.73. The lowest BCUT2D eigenvalue weighted by atomic mass is 9.96. The number of nitrogens with zero attached hydrogens (tertiary/aromatic N) is 1. The predicted octanol–water partition coefficient (Wildman–Crippen LogP) is 0.585. The minimum atomic E-state index is 0.0103. The molecule has 2 N–H and O–H groups in total. The Labute approximate surface area is 104 Å². The molecule has 1 aliphatic carbocycles. The van der Waals surface area contributed by atoms with Crippen LogP contribution in [0.4, 0.5) is 0 Å². The van der Waals surface area contributed by atoms with Crippen LogP contribution in [0.3, 0.4) is 0 Å². The van der Waals surface area contributed by atoms with Crippen LogP contribution in [0.5, 0.6) is 0 Å². The van der Waals surface area contributed by atoms with E-state index in [1.165, 1.54) is 12.8 Å². The van der Waals surface area contributed by atoms with Gasteiger partial charge in [-0.25, -0.2) is 0 Å². The summed E-state index contributed by atoms with van der Waals surface area (Å²) in [6.07, 6.45) is 2.61. The number of rotatable bonds is 4.